The van der Waals surface area contributed by atoms with Crippen molar-refractivity contribution in [3.8, 4) is 0 Å². The van der Waals surface area contributed by atoms with E-state index in [2.05, 4.69) is 59.5 Å². The molecule has 35 heavy (non-hydrogen) atoms. The first-order chi connectivity index (χ1) is 16.6. The quantitative estimate of drug-likeness (QED) is 0.332. The van der Waals surface area contributed by atoms with Crippen LogP contribution in [0.2, 0.25) is 10.0 Å². The van der Waals surface area contributed by atoms with Gasteiger partial charge in [-0.1, -0.05) is 67.4 Å². The van der Waals surface area contributed by atoms with Gasteiger partial charge in [0.15, 0.2) is 0 Å². The average molecular weight is 508 g/mol. The lowest BCUT2D eigenvalue weighted by atomic mass is 9.69. The number of rotatable bonds is 7. The lowest BCUT2D eigenvalue weighted by Crippen LogP contribution is -2.38. The fourth-order valence-electron chi connectivity index (χ4n) is 4.13. The van der Waals surface area contributed by atoms with E-state index in [9.17, 15) is 0 Å². The number of nitrogens with zero attached hydrogens (tertiary/aromatic N) is 5. The van der Waals surface area contributed by atoms with Crippen LogP contribution in [0.1, 0.15) is 50.9 Å². The van der Waals surface area contributed by atoms with E-state index in [4.69, 9.17) is 23.2 Å². The maximum absolute atomic E-state index is 6.71. The SMILES string of the molecule is BC(Nc1cc(Cl)c2ncnc(NCC(C)(C)C)c2c1)(c1cn(C2CC2)nn1)c1ccccc1Cl. The number of nitrogens with one attached hydrogen (secondary N) is 2. The molecule has 2 aromatic heterocycles. The third-order valence-electron chi connectivity index (χ3n) is 6.23. The van der Waals surface area contributed by atoms with Gasteiger partial charge in [-0.3, -0.25) is 0 Å². The second kappa shape index (κ2) is 8.99. The monoisotopic (exact) mass is 507 g/mol. The van der Waals surface area contributed by atoms with E-state index >= 15 is 0 Å². The van der Waals surface area contributed by atoms with E-state index in [0.29, 0.717) is 21.6 Å². The summed E-state index contributed by atoms with van der Waals surface area (Å²) >= 11 is 13.4. The van der Waals surface area contributed by atoms with Crippen molar-refractivity contribution >= 4 is 53.5 Å². The smallest absolute Gasteiger partial charge is 0.148 e. The van der Waals surface area contributed by atoms with Gasteiger partial charge in [0.1, 0.15) is 25.7 Å². The zero-order valence-electron chi connectivity index (χ0n) is 20.3. The molecular weight excluding hydrogens is 480 g/mol. The minimum Gasteiger partial charge on any atom is -0.377 e. The highest BCUT2D eigenvalue weighted by Crippen LogP contribution is 2.39. The topological polar surface area (TPSA) is 80.5 Å². The van der Waals surface area contributed by atoms with Gasteiger partial charge >= 0.3 is 0 Å². The molecule has 0 bridgehead atoms. The van der Waals surface area contributed by atoms with Gasteiger partial charge in [0.05, 0.1) is 28.2 Å². The molecule has 0 amide bonds. The predicted octanol–water partition coefficient (Wildman–Crippen LogP) is 5.27. The molecule has 0 radical (unpaired) electrons. The van der Waals surface area contributed by atoms with Crippen LogP contribution in [0.5, 0.6) is 0 Å². The van der Waals surface area contributed by atoms with Crippen molar-refractivity contribution in [2.24, 2.45) is 5.41 Å². The van der Waals surface area contributed by atoms with E-state index in [-0.39, 0.29) is 5.41 Å². The number of halogens is 2. The number of anilines is 2. The van der Waals surface area contributed by atoms with Crippen LogP contribution in [0.3, 0.4) is 0 Å². The maximum Gasteiger partial charge on any atom is 0.148 e. The average Bonchev–Trinajstić information content (AvgIpc) is 3.53. The van der Waals surface area contributed by atoms with E-state index in [0.717, 1.165) is 47.5 Å². The van der Waals surface area contributed by atoms with Crippen molar-refractivity contribution < 1.29 is 0 Å². The molecule has 0 saturated heterocycles. The molecule has 1 aliphatic rings. The molecule has 7 nitrogen and oxygen atoms in total. The van der Waals surface area contributed by atoms with E-state index in [1.54, 1.807) is 0 Å². The standard InChI is InChI=1S/C25H28BCl2N7/c1-24(2,3)13-29-23-17-10-15(11-20(28)22(17)30-14-31-23)32-25(26,18-6-4-5-7-19(18)27)21-12-35(34-33-21)16-8-9-16/h4-7,10-12,14,16,32H,8-9,13,26H2,1-3H3,(H,29,30,31). The van der Waals surface area contributed by atoms with Crippen LogP contribution in [0.25, 0.3) is 10.9 Å². The Morgan fingerprint density at radius 1 is 1.09 bits per heavy atom. The first kappa shape index (κ1) is 23.9. The predicted molar refractivity (Wildman–Crippen MR) is 145 cm³/mol. The summed E-state index contributed by atoms with van der Waals surface area (Å²) in [6, 6.07) is 12.1. The van der Waals surface area contributed by atoms with Gasteiger partial charge in [0, 0.05) is 22.6 Å². The van der Waals surface area contributed by atoms with Gasteiger partial charge in [-0.2, -0.15) is 0 Å². The van der Waals surface area contributed by atoms with Crippen molar-refractivity contribution in [1.82, 2.24) is 25.0 Å². The van der Waals surface area contributed by atoms with E-state index in [1.165, 1.54) is 6.33 Å². The van der Waals surface area contributed by atoms with Crippen LogP contribution >= 0.6 is 23.2 Å². The van der Waals surface area contributed by atoms with Crippen LogP contribution in [0.4, 0.5) is 11.5 Å². The molecule has 1 unspecified atom stereocenters. The summed E-state index contributed by atoms with van der Waals surface area (Å²) < 4.78 is 1.95. The highest BCUT2D eigenvalue weighted by molar-refractivity contribution is 6.36. The highest BCUT2D eigenvalue weighted by Gasteiger charge is 2.35. The van der Waals surface area contributed by atoms with E-state index < -0.39 is 5.44 Å². The third kappa shape index (κ3) is 4.95. The number of hydrogen-bond acceptors (Lipinski definition) is 6. The summed E-state index contributed by atoms with van der Waals surface area (Å²) in [6.07, 6.45) is 5.81. The Balaban J connectivity index is 1.59. The summed E-state index contributed by atoms with van der Waals surface area (Å²) in [7, 11) is 2.06. The Morgan fingerprint density at radius 2 is 1.86 bits per heavy atom. The fraction of sp³-hybridized carbons (Fsp3) is 0.360. The van der Waals surface area contributed by atoms with Crippen molar-refractivity contribution in [3.05, 3.63) is 70.2 Å². The molecule has 2 N–H and O–H groups in total. The zero-order valence-corrected chi connectivity index (χ0v) is 21.8. The van der Waals surface area contributed by atoms with Crippen LogP contribution < -0.4 is 10.6 Å². The molecule has 10 heteroatoms. The second-order valence-corrected chi connectivity index (χ2v) is 11.3. The zero-order chi connectivity index (χ0) is 24.8. The summed E-state index contributed by atoms with van der Waals surface area (Å²) in [5.74, 6) is 0.745. The van der Waals surface area contributed by atoms with Crippen molar-refractivity contribution in [2.75, 3.05) is 17.2 Å². The van der Waals surface area contributed by atoms with Crippen LogP contribution in [0.15, 0.2) is 48.9 Å². The van der Waals surface area contributed by atoms with Crippen LogP contribution in [-0.2, 0) is 5.44 Å². The molecule has 0 spiro atoms. The molecule has 5 rings (SSSR count). The molecule has 1 saturated carbocycles. The van der Waals surface area contributed by atoms with Gasteiger partial charge in [0.2, 0.25) is 0 Å². The molecule has 2 aromatic carbocycles. The molecule has 1 fully saturated rings. The van der Waals surface area contributed by atoms with Gasteiger partial charge in [-0.05, 0) is 42.0 Å². The molecule has 2 heterocycles. The number of hydrogen-bond donors (Lipinski definition) is 2. The second-order valence-electron chi connectivity index (χ2n) is 10.5. The summed E-state index contributed by atoms with van der Waals surface area (Å²) in [5, 5.41) is 18.1. The lowest BCUT2D eigenvalue weighted by Gasteiger charge is -2.32. The maximum atomic E-state index is 6.71. The largest absolute Gasteiger partial charge is 0.377 e. The lowest BCUT2D eigenvalue weighted by molar-refractivity contribution is 0.442. The Hall–Kier alpha value is -2.84. The Kier molecular flexibility index (Phi) is 6.13. The first-order valence-electron chi connectivity index (χ1n) is 11.8. The van der Waals surface area contributed by atoms with E-state index in [1.807, 2.05) is 47.3 Å². The van der Waals surface area contributed by atoms with Gasteiger partial charge in [-0.15, -0.1) is 5.10 Å². The van der Waals surface area contributed by atoms with Crippen molar-refractivity contribution in [1.29, 1.82) is 0 Å². The minimum absolute atomic E-state index is 0.0902. The van der Waals surface area contributed by atoms with Gasteiger partial charge in [0.25, 0.3) is 0 Å². The third-order valence-corrected chi connectivity index (χ3v) is 6.85. The summed E-state index contributed by atoms with van der Waals surface area (Å²) in [6.45, 7) is 7.28. The minimum atomic E-state index is -0.753. The Morgan fingerprint density at radius 3 is 2.57 bits per heavy atom. The Labute approximate surface area is 216 Å². The van der Waals surface area contributed by atoms with Crippen LogP contribution in [-0.4, -0.2) is 39.4 Å². The molecule has 180 valence electrons. The van der Waals surface area contributed by atoms with Crippen molar-refractivity contribution in [3.63, 3.8) is 0 Å². The Bertz CT molecular complexity index is 1380. The van der Waals surface area contributed by atoms with Gasteiger partial charge in [-0.25, -0.2) is 14.6 Å². The molecule has 1 atom stereocenters. The molecule has 1 aliphatic carbocycles. The molecular formula is C25H28BCl2N7. The number of benzene rings is 2. The molecule has 0 aliphatic heterocycles. The highest BCUT2D eigenvalue weighted by atomic mass is 35.5. The fourth-order valence-corrected chi connectivity index (χ4v) is 4.73. The number of fused-ring (bicyclic) bond motifs is 1. The van der Waals surface area contributed by atoms with Crippen LogP contribution in [0, 0.1) is 5.41 Å². The van der Waals surface area contributed by atoms with Gasteiger partial charge < -0.3 is 10.6 Å². The number of aromatic nitrogens is 5. The summed E-state index contributed by atoms with van der Waals surface area (Å²) in [4.78, 5) is 8.92. The normalized spacial score (nSPS) is 15.7. The molecule has 4 aromatic rings. The summed E-state index contributed by atoms with van der Waals surface area (Å²) in [5.41, 5.74) is 2.52. The first-order valence-corrected chi connectivity index (χ1v) is 12.5. The van der Waals surface area contributed by atoms with Crippen molar-refractivity contribution in [2.45, 2.75) is 45.1 Å².